The number of benzene rings is 18. The lowest BCUT2D eigenvalue weighted by molar-refractivity contribution is -0.384. The third kappa shape index (κ3) is 21.0. The Hall–Kier alpha value is -13.1. The molecule has 0 saturated carbocycles. The largest absolute Gasteiger partial charge is 0.495 e. The van der Waals surface area contributed by atoms with Crippen molar-refractivity contribution in [2.45, 2.75) is 0 Å². The Morgan fingerprint density at radius 2 is 0.725 bits per heavy atom. The number of nitrogens with one attached hydrogen (secondary N) is 1. The highest BCUT2D eigenvalue weighted by molar-refractivity contribution is 9.11. The highest BCUT2D eigenvalue weighted by Crippen LogP contribution is 2.40. The first-order valence-corrected chi connectivity index (χ1v) is 41.2. The fraction of sp³-hybridized carbons (Fsp3) is 0. The van der Waals surface area contributed by atoms with Crippen LogP contribution in [0.1, 0.15) is 20.7 Å². The maximum absolute atomic E-state index is 12.6. The molecule has 0 spiro atoms. The minimum atomic E-state index is -1.80. The molecule has 0 aliphatic heterocycles. The molecular weight excluding hydrogens is 1780 g/mol. The maximum Gasteiger partial charge on any atom is 0.495 e. The van der Waals surface area contributed by atoms with Crippen molar-refractivity contribution in [3.05, 3.63) is 450 Å². The number of nitrogens with zero attached hydrogens (tertiary/aromatic N) is 3. The molecule has 0 radical (unpaired) electrons. The van der Waals surface area contributed by atoms with Crippen LogP contribution < -0.4 is 16.5 Å². The fourth-order valence-electron chi connectivity index (χ4n) is 13.8. The molecule has 0 atom stereocenters. The van der Waals surface area contributed by atoms with Crippen molar-refractivity contribution in [2.24, 2.45) is 0 Å². The molecule has 0 aliphatic rings. The van der Waals surface area contributed by atoms with Crippen molar-refractivity contribution in [3.63, 3.8) is 0 Å². The summed E-state index contributed by atoms with van der Waals surface area (Å²) in [5.41, 5.74) is 17.7. The number of fused-ring (bicyclic) bond motifs is 9. The van der Waals surface area contributed by atoms with E-state index >= 15 is 0 Å². The monoisotopic (exact) mass is 1840 g/mol. The van der Waals surface area contributed by atoms with Gasteiger partial charge < -0.3 is 21.1 Å². The molecule has 1 heterocycles. The van der Waals surface area contributed by atoms with E-state index in [-0.39, 0.29) is 27.7 Å². The summed E-state index contributed by atoms with van der Waals surface area (Å²) < 4.78 is 4.13. The van der Waals surface area contributed by atoms with Gasteiger partial charge in [-0.05, 0) is 173 Å². The number of aromatic nitrogens is 1. The molecule has 0 fully saturated rings. The number of hydrogen-bond donors (Lipinski definition) is 4. The first-order valence-electron chi connectivity index (χ1n) is 37.7. The van der Waals surface area contributed by atoms with Gasteiger partial charge in [0.15, 0.2) is 0 Å². The van der Waals surface area contributed by atoms with E-state index in [0.29, 0.717) is 16.7 Å². The van der Waals surface area contributed by atoms with Crippen LogP contribution in [-0.4, -0.2) is 43.1 Å². The lowest BCUT2D eigenvalue weighted by atomic mass is 9.79. The number of rotatable bonds is 10. The van der Waals surface area contributed by atoms with Crippen molar-refractivity contribution < 1.29 is 29.5 Å². The maximum atomic E-state index is 12.6. The second-order valence-electron chi connectivity index (χ2n) is 27.1. The third-order valence-electron chi connectivity index (χ3n) is 19.5. The fourth-order valence-corrected chi connectivity index (χ4v) is 15.2. The van der Waals surface area contributed by atoms with Crippen LogP contribution in [0.25, 0.3) is 120 Å². The van der Waals surface area contributed by atoms with Gasteiger partial charge in [0.25, 0.3) is 22.5 Å². The van der Waals surface area contributed by atoms with Gasteiger partial charge in [-0.1, -0.05) is 361 Å². The molecular formula is C101H71BBr4ClN5O8. The average Bonchev–Trinajstić information content (AvgIpc) is 0.743. The molecule has 1 amide bonds. The van der Waals surface area contributed by atoms with Gasteiger partial charge in [0.05, 0.1) is 32.1 Å². The van der Waals surface area contributed by atoms with Crippen molar-refractivity contribution in [3.8, 4) is 44.6 Å². The minimum absolute atomic E-state index is 0.0949. The van der Waals surface area contributed by atoms with Gasteiger partial charge in [-0.15, -0.1) is 0 Å². The number of amides is 1. The molecule has 1 aromatic heterocycles. The van der Waals surface area contributed by atoms with E-state index in [9.17, 15) is 29.8 Å². The van der Waals surface area contributed by atoms with Gasteiger partial charge in [-0.3, -0.25) is 29.8 Å². The number of nitrogen functional groups attached to an aromatic ring is 1. The number of halogens is 5. The zero-order valence-corrected chi connectivity index (χ0v) is 70.9. The SMILES string of the molecule is Brc1ccc(-c2nc3ccccc3c3c2ccc2ccccc23)cc1.Brc1cccc2ccccc12.Nc1ccccc1-c1cccc2ccccc12.O=C(Cl)c1ccc(Br)cc1.O=C(Nc1ccccc1-c1cccc2ccccc12)c1ccc(Br)cc1.O=[N+]([O-])c1ccccc1-c1cccc2ccccc12.O=[N+]([O-])c1ccccc1B(O)O. The van der Waals surface area contributed by atoms with Crippen LogP contribution in [-0.2, 0) is 0 Å². The third-order valence-corrected chi connectivity index (χ3v) is 22.0. The van der Waals surface area contributed by atoms with E-state index in [1.165, 1.54) is 95.1 Å². The Labute approximate surface area is 731 Å². The molecule has 13 nitrogen and oxygen atoms in total. The highest BCUT2D eigenvalue weighted by atomic mass is 79.9. The molecule has 0 aliphatic carbocycles. The molecule has 120 heavy (non-hydrogen) atoms. The summed E-state index contributed by atoms with van der Waals surface area (Å²) in [6, 6.07) is 130. The Morgan fingerprint density at radius 3 is 1.23 bits per heavy atom. The molecule has 19 heteroatoms. The zero-order valence-electron chi connectivity index (χ0n) is 63.8. The highest BCUT2D eigenvalue weighted by Gasteiger charge is 2.23. The van der Waals surface area contributed by atoms with E-state index in [1.807, 2.05) is 133 Å². The van der Waals surface area contributed by atoms with Crippen LogP contribution >= 0.6 is 75.3 Å². The molecule has 18 aromatic carbocycles. The summed E-state index contributed by atoms with van der Waals surface area (Å²) >= 11 is 18.9. The first-order chi connectivity index (χ1) is 58.4. The van der Waals surface area contributed by atoms with Crippen molar-refractivity contribution in [2.75, 3.05) is 11.1 Å². The van der Waals surface area contributed by atoms with Gasteiger partial charge in [0.2, 0.25) is 0 Å². The van der Waals surface area contributed by atoms with Gasteiger partial charge in [0.1, 0.15) is 0 Å². The van der Waals surface area contributed by atoms with E-state index < -0.39 is 17.3 Å². The predicted molar refractivity (Wildman–Crippen MR) is 510 cm³/mol. The van der Waals surface area contributed by atoms with Crippen molar-refractivity contribution >= 4 is 197 Å². The lowest BCUT2D eigenvalue weighted by Crippen LogP contribution is -2.31. The first kappa shape index (κ1) is 84.8. The summed E-state index contributed by atoms with van der Waals surface area (Å²) in [5.74, 6) is -0.120. The normalized spacial score (nSPS) is 10.5. The molecule has 5 N–H and O–H groups in total. The average molecular weight is 1850 g/mol. The summed E-state index contributed by atoms with van der Waals surface area (Å²) in [6.07, 6.45) is 0. The van der Waals surface area contributed by atoms with Crippen LogP contribution in [0.15, 0.2) is 418 Å². The van der Waals surface area contributed by atoms with Gasteiger partial charge in [-0.2, -0.15) is 0 Å². The summed E-state index contributed by atoms with van der Waals surface area (Å²) in [7, 11) is -1.80. The van der Waals surface area contributed by atoms with Crippen LogP contribution in [0.4, 0.5) is 22.7 Å². The van der Waals surface area contributed by atoms with E-state index in [1.54, 1.807) is 48.5 Å². The Balaban J connectivity index is 0.000000124. The smallest absolute Gasteiger partial charge is 0.423 e. The second-order valence-corrected chi connectivity index (χ2v) is 31.0. The molecule has 19 aromatic rings. The number of nitrogens with two attached hydrogens (primary N) is 1. The second kappa shape index (κ2) is 40.8. The number of carbonyl (C=O) groups excluding carboxylic acids is 2. The van der Waals surface area contributed by atoms with Gasteiger partial charge in [0, 0.05) is 85.4 Å². The minimum Gasteiger partial charge on any atom is -0.423 e. The lowest BCUT2D eigenvalue weighted by Gasteiger charge is -2.13. The Bertz CT molecular complexity index is 6870. The molecule has 0 bridgehead atoms. The van der Waals surface area contributed by atoms with E-state index in [2.05, 4.69) is 257 Å². The van der Waals surface area contributed by atoms with Gasteiger partial charge >= 0.3 is 7.12 Å². The van der Waals surface area contributed by atoms with Crippen molar-refractivity contribution in [1.29, 1.82) is 0 Å². The van der Waals surface area contributed by atoms with Crippen LogP contribution in [0, 0.1) is 20.2 Å². The predicted octanol–water partition coefficient (Wildman–Crippen LogP) is 27.7. The standard InChI is InChI=1S/C23H16BrNO.C23H14BrN.C16H11NO2.C16H13N.C10H7Br.C7H4BrClO.C6H6BNO4/c24-18-14-12-17(13-15-18)23(26)25-22-11-4-3-9-21(22)20-10-5-7-16-6-1-2-8-19(16)20;24-17-12-9-16(10-13-17)23-20-14-11-15-5-1-2-6-18(15)22(20)19-7-3-4-8-21(19)25-23;18-17(19)16-11-4-3-9-15(16)14-10-5-7-12-6-1-2-8-13(12)14;17-16-11-4-3-9-15(16)14-10-5-7-12-6-1-2-8-13(12)14;11-10-7-3-5-8-4-1-2-6-9(8)10;8-6-3-1-5(2-4-6)7(9)10;9-7(10)5-3-1-2-4-6(5)8(11)12/h1-15H,(H,25,26);1-14H;1-11H;1-11H,17H2;1-7H;1-4H;1-4,9-10H. The van der Waals surface area contributed by atoms with Gasteiger partial charge in [-0.25, -0.2) is 4.98 Å². The number of hydrogen-bond acceptors (Lipinski definition) is 10. The Morgan fingerprint density at radius 1 is 0.350 bits per heavy atom. The summed E-state index contributed by atoms with van der Waals surface area (Å²) in [6.45, 7) is 0. The molecule has 0 saturated heterocycles. The molecule has 19 rings (SSSR count). The summed E-state index contributed by atoms with van der Waals surface area (Å²) in [4.78, 5) is 48.6. The number of anilines is 2. The topological polar surface area (TPSA) is 212 Å². The number of pyridine rings is 1. The van der Waals surface area contributed by atoms with E-state index in [4.69, 9.17) is 32.4 Å². The number of carbonyl (C=O) groups is 2. The Kier molecular flexibility index (Phi) is 28.8. The number of nitro benzene ring substituents is 2. The number of para-hydroxylation sites is 5. The quantitative estimate of drug-likeness (QED) is 0.0254. The summed E-state index contributed by atoms with van der Waals surface area (Å²) in [5, 5.41) is 57.2. The van der Waals surface area contributed by atoms with Crippen LogP contribution in [0.5, 0.6) is 0 Å². The molecule has 586 valence electrons. The molecule has 0 unspecified atom stereocenters. The van der Waals surface area contributed by atoms with Crippen LogP contribution in [0.3, 0.4) is 0 Å². The van der Waals surface area contributed by atoms with Crippen LogP contribution in [0.2, 0.25) is 0 Å². The number of nitro groups is 2. The van der Waals surface area contributed by atoms with Crippen molar-refractivity contribution in [1.82, 2.24) is 4.98 Å². The zero-order chi connectivity index (χ0) is 84.0. The van der Waals surface area contributed by atoms with E-state index in [0.717, 1.165) is 79.1 Å².